The largest absolute Gasteiger partial charge is 0.490 e. The Bertz CT molecular complexity index is 1580. The average Bonchev–Trinajstić information content (AvgIpc) is 3.59. The lowest BCUT2D eigenvalue weighted by molar-refractivity contribution is 0.0511. The van der Waals surface area contributed by atoms with E-state index in [-0.39, 0.29) is 11.6 Å². The Morgan fingerprint density at radius 3 is 1.49 bits per heavy atom. The van der Waals surface area contributed by atoms with Crippen molar-refractivity contribution < 1.29 is 23.8 Å². The molecule has 4 atom stereocenters. The summed E-state index contributed by atoms with van der Waals surface area (Å²) in [5, 5.41) is 4.02. The Hall–Kier alpha value is -3.70. The average molecular weight is 577 g/mol. The molecule has 222 valence electrons. The van der Waals surface area contributed by atoms with Gasteiger partial charge in [0.1, 0.15) is 0 Å². The van der Waals surface area contributed by atoms with E-state index >= 15 is 0 Å². The highest BCUT2D eigenvalue weighted by Crippen LogP contribution is 2.61. The first-order valence-corrected chi connectivity index (χ1v) is 16.2. The Morgan fingerprint density at radius 2 is 1.05 bits per heavy atom. The fourth-order valence-electron chi connectivity index (χ4n) is 7.33. The van der Waals surface area contributed by atoms with Crippen molar-refractivity contribution in [3.05, 3.63) is 82.9 Å². The summed E-state index contributed by atoms with van der Waals surface area (Å²) >= 11 is 0. The zero-order valence-corrected chi connectivity index (χ0v) is 25.2. The number of ketones is 2. The molecule has 0 radical (unpaired) electrons. The number of hydrogen-bond acceptors (Lipinski definition) is 5. The number of unbranched alkanes of at least 4 members (excludes halogenated alkanes) is 6. The summed E-state index contributed by atoms with van der Waals surface area (Å²) < 4.78 is 19.1. The van der Waals surface area contributed by atoms with Crippen LogP contribution in [0.5, 0.6) is 11.5 Å². The van der Waals surface area contributed by atoms with Gasteiger partial charge in [0, 0.05) is 11.1 Å². The quantitative estimate of drug-likeness (QED) is 0.157. The molecule has 2 aliphatic heterocycles. The fourth-order valence-corrected chi connectivity index (χ4v) is 7.33. The SMILES string of the molecule is CCCCCCOc1cc2cc3c(cc2cc1OCCCCCC)C1OC3C2C(=O)c3cc4ccccc4cc3C(=O)C12. The number of benzene rings is 4. The van der Waals surface area contributed by atoms with Gasteiger partial charge in [-0.25, -0.2) is 0 Å². The molecule has 2 heterocycles. The number of hydrogen-bond donors (Lipinski definition) is 0. The molecule has 7 rings (SSSR count). The summed E-state index contributed by atoms with van der Waals surface area (Å²) in [5.41, 5.74) is 3.10. The second-order valence-electron chi connectivity index (χ2n) is 12.4. The number of fused-ring (bicyclic) bond motifs is 11. The highest BCUT2D eigenvalue weighted by Gasteiger charge is 2.60. The van der Waals surface area contributed by atoms with Crippen molar-refractivity contribution >= 4 is 33.1 Å². The van der Waals surface area contributed by atoms with Crippen LogP contribution < -0.4 is 9.47 Å². The van der Waals surface area contributed by atoms with Gasteiger partial charge in [-0.1, -0.05) is 76.6 Å². The lowest BCUT2D eigenvalue weighted by Crippen LogP contribution is -2.39. The predicted octanol–water partition coefficient (Wildman–Crippen LogP) is 9.35. The van der Waals surface area contributed by atoms with Crippen LogP contribution >= 0.6 is 0 Å². The van der Waals surface area contributed by atoms with Crippen molar-refractivity contribution in [2.75, 3.05) is 13.2 Å². The van der Waals surface area contributed by atoms with Gasteiger partial charge in [0.25, 0.3) is 0 Å². The van der Waals surface area contributed by atoms with E-state index < -0.39 is 24.0 Å². The van der Waals surface area contributed by atoms with Crippen LogP contribution in [0.2, 0.25) is 0 Å². The topological polar surface area (TPSA) is 61.8 Å². The van der Waals surface area contributed by atoms with Crippen molar-refractivity contribution in [3.8, 4) is 11.5 Å². The summed E-state index contributed by atoms with van der Waals surface area (Å²) in [5.74, 6) is 0.600. The van der Waals surface area contributed by atoms with Gasteiger partial charge >= 0.3 is 0 Å². The molecule has 0 spiro atoms. The summed E-state index contributed by atoms with van der Waals surface area (Å²) in [6.07, 6.45) is 8.29. The normalized spacial score (nSPS) is 21.7. The lowest BCUT2D eigenvalue weighted by atomic mass is 9.65. The van der Waals surface area contributed by atoms with Crippen molar-refractivity contribution in [2.45, 2.75) is 77.4 Å². The Morgan fingerprint density at radius 1 is 0.581 bits per heavy atom. The second-order valence-corrected chi connectivity index (χ2v) is 12.4. The minimum absolute atomic E-state index is 0.0199. The first kappa shape index (κ1) is 28.1. The molecule has 3 aliphatic rings. The van der Waals surface area contributed by atoms with Crippen LogP contribution in [0.4, 0.5) is 0 Å². The van der Waals surface area contributed by atoms with Crippen LogP contribution in [0, 0.1) is 11.8 Å². The third-order valence-electron chi connectivity index (χ3n) is 9.58. The monoisotopic (exact) mass is 576 g/mol. The lowest BCUT2D eigenvalue weighted by Gasteiger charge is -2.32. The number of rotatable bonds is 12. The Balaban J connectivity index is 1.22. The molecule has 4 aromatic carbocycles. The number of carbonyl (C=O) groups is 2. The van der Waals surface area contributed by atoms with Gasteiger partial charge in [-0.15, -0.1) is 0 Å². The molecule has 0 amide bonds. The van der Waals surface area contributed by atoms with E-state index in [0.717, 1.165) is 69.9 Å². The molecule has 2 bridgehead atoms. The number of ether oxygens (including phenoxy) is 3. The third kappa shape index (κ3) is 4.92. The molecule has 1 fully saturated rings. The number of carbonyl (C=O) groups excluding carboxylic acids is 2. The summed E-state index contributed by atoms with van der Waals surface area (Å²) in [4.78, 5) is 27.9. The van der Waals surface area contributed by atoms with Crippen molar-refractivity contribution in [3.63, 3.8) is 0 Å². The van der Waals surface area contributed by atoms with Crippen LogP contribution in [0.1, 0.15) is 109 Å². The molecule has 0 N–H and O–H groups in total. The van der Waals surface area contributed by atoms with Gasteiger partial charge in [0.2, 0.25) is 0 Å². The maximum atomic E-state index is 13.9. The van der Waals surface area contributed by atoms with Crippen molar-refractivity contribution in [2.24, 2.45) is 11.8 Å². The van der Waals surface area contributed by atoms with E-state index in [2.05, 4.69) is 38.1 Å². The molecule has 5 nitrogen and oxygen atoms in total. The fraction of sp³-hybridized carbons (Fsp3) is 0.421. The van der Waals surface area contributed by atoms with Gasteiger partial charge in [0.05, 0.1) is 37.3 Å². The molecule has 4 aromatic rings. The highest BCUT2D eigenvalue weighted by molar-refractivity contribution is 6.19. The molecular formula is C38H40O5. The van der Waals surface area contributed by atoms with E-state index in [1.807, 2.05) is 36.4 Å². The predicted molar refractivity (Wildman–Crippen MR) is 169 cm³/mol. The van der Waals surface area contributed by atoms with E-state index in [1.165, 1.54) is 25.7 Å². The molecule has 1 saturated heterocycles. The van der Waals surface area contributed by atoms with Gasteiger partial charge in [0.15, 0.2) is 23.1 Å². The zero-order valence-electron chi connectivity index (χ0n) is 25.2. The maximum absolute atomic E-state index is 13.9. The summed E-state index contributed by atoms with van der Waals surface area (Å²) in [6, 6.07) is 20.1. The van der Waals surface area contributed by atoms with Gasteiger partial charge in [-0.05, 0) is 81.9 Å². The van der Waals surface area contributed by atoms with Gasteiger partial charge in [-0.2, -0.15) is 0 Å². The van der Waals surface area contributed by atoms with E-state index in [9.17, 15) is 9.59 Å². The molecular weight excluding hydrogens is 536 g/mol. The van der Waals surface area contributed by atoms with Crippen molar-refractivity contribution in [1.29, 1.82) is 0 Å². The molecule has 0 saturated carbocycles. The van der Waals surface area contributed by atoms with Crippen LogP contribution in [0.25, 0.3) is 21.5 Å². The molecule has 0 aromatic heterocycles. The van der Waals surface area contributed by atoms with E-state index in [0.29, 0.717) is 24.3 Å². The minimum atomic E-state index is -0.490. The van der Waals surface area contributed by atoms with Crippen molar-refractivity contribution in [1.82, 2.24) is 0 Å². The first-order chi connectivity index (χ1) is 21.1. The summed E-state index contributed by atoms with van der Waals surface area (Å²) in [6.45, 7) is 5.74. The van der Waals surface area contributed by atoms with Crippen LogP contribution in [-0.2, 0) is 4.74 Å². The van der Waals surface area contributed by atoms with E-state index in [4.69, 9.17) is 14.2 Å². The third-order valence-corrected chi connectivity index (χ3v) is 9.58. The van der Waals surface area contributed by atoms with Crippen LogP contribution in [-0.4, -0.2) is 24.8 Å². The first-order valence-electron chi connectivity index (χ1n) is 16.2. The smallest absolute Gasteiger partial charge is 0.170 e. The van der Waals surface area contributed by atoms with Crippen LogP contribution in [0.15, 0.2) is 60.7 Å². The number of Topliss-reactive ketones (excluding diaryl/α,β-unsaturated/α-hetero) is 2. The zero-order chi connectivity index (χ0) is 29.5. The van der Waals surface area contributed by atoms with Gasteiger partial charge in [-0.3, -0.25) is 9.59 Å². The molecule has 4 unspecified atom stereocenters. The van der Waals surface area contributed by atoms with E-state index in [1.54, 1.807) is 0 Å². The standard InChI is InChI=1S/C38H40O5/c1-3-5-7-11-15-41-31-21-25-19-29-30(20-26(25)22-32(31)42-16-12-8-6-4-2)38-34-33(37(29)43-38)35(39)27-17-23-13-9-10-14-24(23)18-28(27)36(34)40/h9-10,13-14,17-22,33-34,37-38H,3-8,11-12,15-16H2,1-2H3. The minimum Gasteiger partial charge on any atom is -0.490 e. The Kier molecular flexibility index (Phi) is 7.69. The van der Waals surface area contributed by atoms with Crippen LogP contribution in [0.3, 0.4) is 0 Å². The summed E-state index contributed by atoms with van der Waals surface area (Å²) in [7, 11) is 0. The molecule has 43 heavy (non-hydrogen) atoms. The highest BCUT2D eigenvalue weighted by atomic mass is 16.5. The van der Waals surface area contributed by atoms with Gasteiger partial charge < -0.3 is 14.2 Å². The molecule has 5 heteroatoms. The molecule has 1 aliphatic carbocycles. The Labute approximate surface area is 253 Å². The maximum Gasteiger partial charge on any atom is 0.170 e. The second kappa shape index (κ2) is 11.8.